The van der Waals surface area contributed by atoms with Crippen LogP contribution in [0, 0.1) is 0 Å². The van der Waals surface area contributed by atoms with Gasteiger partial charge >= 0.3 is 0 Å². The summed E-state index contributed by atoms with van der Waals surface area (Å²) in [5.41, 5.74) is 5.25. The normalized spacial score (nSPS) is 12.8. The van der Waals surface area contributed by atoms with Crippen molar-refractivity contribution in [2.75, 3.05) is 0 Å². The van der Waals surface area contributed by atoms with Crippen LogP contribution in [0.25, 0.3) is 0 Å². The molecule has 76 valence electrons. The molecule has 0 bridgehead atoms. The van der Waals surface area contributed by atoms with Crippen LogP contribution in [-0.2, 0) is 0 Å². The van der Waals surface area contributed by atoms with E-state index in [-0.39, 0.29) is 5.54 Å². The van der Waals surface area contributed by atoms with Crippen molar-refractivity contribution >= 4 is 5.71 Å². The SMILES string of the molecule is C=C(C)C(C)=NNC(C)(C)CCC. The fourth-order valence-electron chi connectivity index (χ4n) is 1.01. The summed E-state index contributed by atoms with van der Waals surface area (Å²) in [5.74, 6) is 0. The summed E-state index contributed by atoms with van der Waals surface area (Å²) in [6.45, 7) is 14.3. The van der Waals surface area contributed by atoms with Gasteiger partial charge in [-0.15, -0.1) is 0 Å². The quantitative estimate of drug-likeness (QED) is 0.513. The largest absolute Gasteiger partial charge is 0.304 e. The summed E-state index contributed by atoms with van der Waals surface area (Å²) in [6, 6.07) is 0. The predicted octanol–water partition coefficient (Wildman–Crippen LogP) is 3.11. The van der Waals surface area contributed by atoms with Gasteiger partial charge in [0.1, 0.15) is 0 Å². The smallest absolute Gasteiger partial charge is 0.0595 e. The molecule has 0 aliphatic heterocycles. The number of rotatable bonds is 5. The standard InChI is InChI=1S/C11H22N2/c1-7-8-11(5,6)13-12-10(4)9(2)3/h13H,2,7-8H2,1,3-6H3. The summed E-state index contributed by atoms with van der Waals surface area (Å²) in [6.07, 6.45) is 2.29. The van der Waals surface area contributed by atoms with E-state index in [2.05, 4.69) is 37.9 Å². The lowest BCUT2D eigenvalue weighted by Crippen LogP contribution is -2.35. The van der Waals surface area contributed by atoms with E-state index in [4.69, 9.17) is 0 Å². The number of nitrogens with one attached hydrogen (secondary N) is 1. The first-order valence-electron chi connectivity index (χ1n) is 4.86. The van der Waals surface area contributed by atoms with E-state index in [9.17, 15) is 0 Å². The summed E-state index contributed by atoms with van der Waals surface area (Å²) in [4.78, 5) is 0. The molecule has 2 nitrogen and oxygen atoms in total. The molecular weight excluding hydrogens is 160 g/mol. The second kappa shape index (κ2) is 5.05. The van der Waals surface area contributed by atoms with Crippen molar-refractivity contribution in [3.8, 4) is 0 Å². The van der Waals surface area contributed by atoms with Gasteiger partial charge in [-0.1, -0.05) is 19.9 Å². The van der Waals surface area contributed by atoms with Crippen molar-refractivity contribution in [3.63, 3.8) is 0 Å². The molecule has 13 heavy (non-hydrogen) atoms. The number of hydrogen-bond acceptors (Lipinski definition) is 2. The minimum atomic E-state index is 0.0888. The van der Waals surface area contributed by atoms with Crippen LogP contribution in [0.3, 0.4) is 0 Å². The summed E-state index contributed by atoms with van der Waals surface area (Å²) >= 11 is 0. The highest BCUT2D eigenvalue weighted by Gasteiger charge is 2.14. The first-order chi connectivity index (χ1) is 5.89. The average molecular weight is 182 g/mol. The molecule has 0 saturated heterocycles. The number of hydrogen-bond donors (Lipinski definition) is 1. The van der Waals surface area contributed by atoms with E-state index >= 15 is 0 Å². The van der Waals surface area contributed by atoms with Gasteiger partial charge in [0, 0.05) is 5.54 Å². The Kier molecular flexibility index (Phi) is 4.74. The van der Waals surface area contributed by atoms with Crippen LogP contribution in [-0.4, -0.2) is 11.3 Å². The Hall–Kier alpha value is -0.790. The first-order valence-corrected chi connectivity index (χ1v) is 4.86. The Morgan fingerprint density at radius 1 is 1.38 bits per heavy atom. The maximum Gasteiger partial charge on any atom is 0.0595 e. The highest BCUT2D eigenvalue weighted by molar-refractivity contribution is 5.96. The second-order valence-electron chi connectivity index (χ2n) is 4.22. The van der Waals surface area contributed by atoms with Gasteiger partial charge in [0.05, 0.1) is 5.71 Å². The van der Waals surface area contributed by atoms with Crippen molar-refractivity contribution in [2.45, 2.75) is 53.0 Å². The van der Waals surface area contributed by atoms with Crippen molar-refractivity contribution in [3.05, 3.63) is 12.2 Å². The lowest BCUT2D eigenvalue weighted by molar-refractivity contribution is 0.368. The molecule has 0 aromatic carbocycles. The molecule has 2 heteroatoms. The number of hydrazone groups is 1. The Morgan fingerprint density at radius 3 is 2.31 bits per heavy atom. The number of nitrogens with zero attached hydrogens (tertiary/aromatic N) is 1. The molecule has 0 fully saturated rings. The first kappa shape index (κ1) is 12.2. The zero-order valence-electron chi connectivity index (χ0n) is 9.57. The van der Waals surface area contributed by atoms with Gasteiger partial charge in [0.15, 0.2) is 0 Å². The van der Waals surface area contributed by atoms with Crippen LogP contribution in [0.1, 0.15) is 47.5 Å². The van der Waals surface area contributed by atoms with Crippen LogP contribution in [0.5, 0.6) is 0 Å². The van der Waals surface area contributed by atoms with Gasteiger partial charge in [-0.2, -0.15) is 5.10 Å². The van der Waals surface area contributed by atoms with Crippen molar-refractivity contribution in [1.82, 2.24) is 5.43 Å². The van der Waals surface area contributed by atoms with Gasteiger partial charge in [-0.05, 0) is 39.7 Å². The molecule has 0 saturated carbocycles. The molecule has 0 atom stereocenters. The van der Waals surface area contributed by atoms with Gasteiger partial charge in [0.2, 0.25) is 0 Å². The van der Waals surface area contributed by atoms with Gasteiger partial charge in [-0.25, -0.2) is 0 Å². The third kappa shape index (κ3) is 5.45. The van der Waals surface area contributed by atoms with Crippen molar-refractivity contribution < 1.29 is 0 Å². The lowest BCUT2D eigenvalue weighted by atomic mass is 10.0. The molecule has 0 aromatic heterocycles. The summed E-state index contributed by atoms with van der Waals surface area (Å²) < 4.78 is 0. The van der Waals surface area contributed by atoms with Crippen LogP contribution >= 0.6 is 0 Å². The topological polar surface area (TPSA) is 24.4 Å². The van der Waals surface area contributed by atoms with E-state index in [0.717, 1.165) is 17.7 Å². The third-order valence-corrected chi connectivity index (χ3v) is 2.02. The average Bonchev–Trinajstić information content (AvgIpc) is 2.00. The monoisotopic (exact) mass is 182 g/mol. The minimum absolute atomic E-state index is 0.0888. The van der Waals surface area contributed by atoms with Gasteiger partial charge in [0.25, 0.3) is 0 Å². The maximum absolute atomic E-state index is 4.28. The van der Waals surface area contributed by atoms with E-state index < -0.39 is 0 Å². The highest BCUT2D eigenvalue weighted by Crippen LogP contribution is 2.10. The van der Waals surface area contributed by atoms with E-state index in [0.29, 0.717) is 0 Å². The molecule has 0 aromatic rings. The molecule has 0 rings (SSSR count). The fourth-order valence-corrected chi connectivity index (χ4v) is 1.01. The zero-order valence-corrected chi connectivity index (χ0v) is 9.57. The van der Waals surface area contributed by atoms with Crippen LogP contribution < -0.4 is 5.43 Å². The Balaban J connectivity index is 4.13. The van der Waals surface area contributed by atoms with Gasteiger partial charge in [-0.3, -0.25) is 0 Å². The van der Waals surface area contributed by atoms with E-state index in [1.807, 2.05) is 13.8 Å². The van der Waals surface area contributed by atoms with Crippen LogP contribution in [0.2, 0.25) is 0 Å². The van der Waals surface area contributed by atoms with E-state index in [1.165, 1.54) is 6.42 Å². The lowest BCUT2D eigenvalue weighted by Gasteiger charge is -2.23. The number of allylic oxidation sites excluding steroid dienone is 1. The maximum atomic E-state index is 4.28. The Labute approximate surface area is 82.1 Å². The van der Waals surface area contributed by atoms with E-state index in [1.54, 1.807) is 0 Å². The van der Waals surface area contributed by atoms with Crippen LogP contribution in [0.4, 0.5) is 0 Å². The molecule has 0 heterocycles. The van der Waals surface area contributed by atoms with Crippen molar-refractivity contribution in [1.29, 1.82) is 0 Å². The Morgan fingerprint density at radius 2 is 1.92 bits per heavy atom. The Bertz CT molecular complexity index is 202. The second-order valence-corrected chi connectivity index (χ2v) is 4.22. The molecule has 0 amide bonds. The molecule has 0 unspecified atom stereocenters. The minimum Gasteiger partial charge on any atom is -0.304 e. The molecule has 0 aliphatic carbocycles. The molecule has 0 aliphatic rings. The predicted molar refractivity (Wildman–Crippen MR) is 60.0 cm³/mol. The third-order valence-electron chi connectivity index (χ3n) is 2.02. The van der Waals surface area contributed by atoms with Gasteiger partial charge < -0.3 is 5.43 Å². The van der Waals surface area contributed by atoms with Crippen molar-refractivity contribution in [2.24, 2.45) is 5.10 Å². The zero-order chi connectivity index (χ0) is 10.5. The van der Waals surface area contributed by atoms with Crippen LogP contribution in [0.15, 0.2) is 17.3 Å². The molecule has 0 spiro atoms. The molecule has 0 radical (unpaired) electrons. The summed E-state index contributed by atoms with van der Waals surface area (Å²) in [5, 5.41) is 4.28. The summed E-state index contributed by atoms with van der Waals surface area (Å²) in [7, 11) is 0. The molecular formula is C11H22N2. The molecule has 1 N–H and O–H groups in total. The fraction of sp³-hybridized carbons (Fsp3) is 0.727. The highest BCUT2D eigenvalue weighted by atomic mass is 15.3.